The molecule has 0 spiro atoms. The molecule has 3 heterocycles. The molecular formula is C16H12N4O3S. The number of nitrogens with zero attached hydrogens (tertiary/aromatic N) is 3. The molecular weight excluding hydrogens is 328 g/mol. The highest BCUT2D eigenvalue weighted by atomic mass is 32.1. The lowest BCUT2D eigenvalue weighted by molar-refractivity contribution is 0.102. The molecule has 2 aromatic heterocycles. The maximum atomic E-state index is 12.1. The Morgan fingerprint density at radius 1 is 1.17 bits per heavy atom. The minimum atomic E-state index is -0.342. The van der Waals surface area contributed by atoms with E-state index in [2.05, 4.69) is 20.3 Å². The zero-order valence-corrected chi connectivity index (χ0v) is 13.2. The highest BCUT2D eigenvalue weighted by molar-refractivity contribution is 7.14. The standard InChI is InChI=1S/C16H12N4O3S/c21-15(11-8-17-3-4-18-11)20-16-19-12(9-24-16)10-1-2-13-14(7-10)23-6-5-22-13/h1-4,7-9H,5-6H2,(H,19,20,21). The van der Waals surface area contributed by atoms with Gasteiger partial charge in [0.15, 0.2) is 16.6 Å². The molecule has 0 unspecified atom stereocenters. The van der Waals surface area contributed by atoms with Crippen molar-refractivity contribution in [3.8, 4) is 22.8 Å². The van der Waals surface area contributed by atoms with Crippen molar-refractivity contribution in [3.63, 3.8) is 0 Å². The Balaban J connectivity index is 1.53. The van der Waals surface area contributed by atoms with Crippen LogP contribution in [0.25, 0.3) is 11.3 Å². The van der Waals surface area contributed by atoms with Crippen molar-refractivity contribution in [2.45, 2.75) is 0 Å². The number of hydrogen-bond acceptors (Lipinski definition) is 7. The Hall–Kier alpha value is -3.00. The first-order chi connectivity index (χ1) is 11.8. The van der Waals surface area contributed by atoms with Gasteiger partial charge in [-0.3, -0.25) is 15.1 Å². The highest BCUT2D eigenvalue weighted by Gasteiger charge is 2.15. The van der Waals surface area contributed by atoms with Gasteiger partial charge in [0.05, 0.1) is 11.9 Å². The van der Waals surface area contributed by atoms with Gasteiger partial charge in [-0.25, -0.2) is 9.97 Å². The maximum absolute atomic E-state index is 12.1. The fourth-order valence-corrected chi connectivity index (χ4v) is 2.96. The lowest BCUT2D eigenvalue weighted by atomic mass is 10.1. The topological polar surface area (TPSA) is 86.2 Å². The number of anilines is 1. The lowest BCUT2D eigenvalue weighted by Gasteiger charge is -2.18. The molecule has 0 radical (unpaired) electrons. The first kappa shape index (κ1) is 14.6. The molecule has 1 aliphatic rings. The number of rotatable bonds is 3. The van der Waals surface area contributed by atoms with Gasteiger partial charge in [0.25, 0.3) is 5.91 Å². The van der Waals surface area contributed by atoms with Crippen LogP contribution in [0.4, 0.5) is 5.13 Å². The number of aromatic nitrogens is 3. The van der Waals surface area contributed by atoms with Crippen LogP contribution in [0.3, 0.4) is 0 Å². The van der Waals surface area contributed by atoms with Gasteiger partial charge in [0, 0.05) is 23.3 Å². The zero-order valence-electron chi connectivity index (χ0n) is 12.4. The summed E-state index contributed by atoms with van der Waals surface area (Å²) < 4.78 is 11.1. The molecule has 3 aromatic rings. The number of amides is 1. The van der Waals surface area contributed by atoms with Crippen LogP contribution in [-0.2, 0) is 0 Å². The van der Waals surface area contributed by atoms with Gasteiger partial charge in [-0.05, 0) is 18.2 Å². The van der Waals surface area contributed by atoms with Crippen LogP contribution in [0.2, 0.25) is 0 Å². The van der Waals surface area contributed by atoms with Crippen LogP contribution >= 0.6 is 11.3 Å². The van der Waals surface area contributed by atoms with E-state index in [9.17, 15) is 4.79 Å². The molecule has 1 N–H and O–H groups in total. The van der Waals surface area contributed by atoms with Crippen LogP contribution in [0.1, 0.15) is 10.5 Å². The molecule has 0 saturated heterocycles. The van der Waals surface area contributed by atoms with Gasteiger partial charge in [-0.1, -0.05) is 0 Å². The molecule has 8 heteroatoms. The third-order valence-corrected chi connectivity index (χ3v) is 4.12. The van der Waals surface area contributed by atoms with Crippen LogP contribution in [-0.4, -0.2) is 34.1 Å². The monoisotopic (exact) mass is 340 g/mol. The van der Waals surface area contributed by atoms with E-state index < -0.39 is 0 Å². The minimum absolute atomic E-state index is 0.244. The summed E-state index contributed by atoms with van der Waals surface area (Å²) in [6.07, 6.45) is 4.39. The van der Waals surface area contributed by atoms with Gasteiger partial charge in [0.2, 0.25) is 0 Å². The number of hydrogen-bond donors (Lipinski definition) is 1. The molecule has 0 aliphatic carbocycles. The summed E-state index contributed by atoms with van der Waals surface area (Å²) in [6.45, 7) is 1.09. The number of benzene rings is 1. The van der Waals surface area contributed by atoms with Crippen molar-refractivity contribution in [1.82, 2.24) is 15.0 Å². The second-order valence-corrected chi connectivity index (χ2v) is 5.80. The van der Waals surface area contributed by atoms with E-state index in [4.69, 9.17) is 9.47 Å². The Morgan fingerprint density at radius 2 is 2.04 bits per heavy atom. The normalized spacial score (nSPS) is 12.7. The van der Waals surface area contributed by atoms with Crippen molar-refractivity contribution in [2.75, 3.05) is 18.5 Å². The van der Waals surface area contributed by atoms with Crippen LogP contribution in [0.15, 0.2) is 42.2 Å². The average molecular weight is 340 g/mol. The van der Waals surface area contributed by atoms with Crippen molar-refractivity contribution >= 4 is 22.4 Å². The van der Waals surface area contributed by atoms with Gasteiger partial charge in [-0.15, -0.1) is 11.3 Å². The third-order valence-electron chi connectivity index (χ3n) is 3.36. The maximum Gasteiger partial charge on any atom is 0.277 e. The van der Waals surface area contributed by atoms with Crippen molar-refractivity contribution in [3.05, 3.63) is 47.9 Å². The number of nitrogens with one attached hydrogen (secondary N) is 1. The third kappa shape index (κ3) is 2.91. The van der Waals surface area contributed by atoms with E-state index in [1.54, 1.807) is 0 Å². The van der Waals surface area contributed by atoms with E-state index in [1.807, 2.05) is 23.6 Å². The smallest absolute Gasteiger partial charge is 0.277 e. The fraction of sp³-hybridized carbons (Fsp3) is 0.125. The summed E-state index contributed by atoms with van der Waals surface area (Å²) in [5.41, 5.74) is 1.90. The van der Waals surface area contributed by atoms with E-state index in [-0.39, 0.29) is 11.6 Å². The zero-order chi connectivity index (χ0) is 16.4. The number of fused-ring (bicyclic) bond motifs is 1. The second-order valence-electron chi connectivity index (χ2n) is 4.94. The molecule has 0 saturated carbocycles. The second kappa shape index (κ2) is 6.25. The van der Waals surface area contributed by atoms with Crippen LogP contribution < -0.4 is 14.8 Å². The minimum Gasteiger partial charge on any atom is -0.486 e. The molecule has 4 rings (SSSR count). The molecule has 0 fully saturated rings. The summed E-state index contributed by atoms with van der Waals surface area (Å²) in [7, 11) is 0. The van der Waals surface area contributed by atoms with Gasteiger partial charge >= 0.3 is 0 Å². The number of carbonyl (C=O) groups excluding carboxylic acids is 1. The molecule has 0 bridgehead atoms. The molecule has 7 nitrogen and oxygen atoms in total. The average Bonchev–Trinajstić information content (AvgIpc) is 3.10. The lowest BCUT2D eigenvalue weighted by Crippen LogP contribution is -2.15. The predicted octanol–water partition coefficient (Wildman–Crippen LogP) is 2.62. The summed E-state index contributed by atoms with van der Waals surface area (Å²) in [5, 5.41) is 5.09. The van der Waals surface area contributed by atoms with Crippen molar-refractivity contribution in [1.29, 1.82) is 0 Å². The van der Waals surface area contributed by atoms with Crippen molar-refractivity contribution < 1.29 is 14.3 Å². The molecule has 0 atom stereocenters. The van der Waals surface area contributed by atoms with E-state index in [0.29, 0.717) is 24.1 Å². The van der Waals surface area contributed by atoms with E-state index in [0.717, 1.165) is 17.0 Å². The summed E-state index contributed by atoms with van der Waals surface area (Å²) in [4.78, 5) is 24.3. The predicted molar refractivity (Wildman–Crippen MR) is 88.5 cm³/mol. The number of ether oxygens (including phenoxy) is 2. The SMILES string of the molecule is O=C(Nc1nc(-c2ccc3c(c2)OCCO3)cs1)c1cnccn1. The molecule has 1 aromatic carbocycles. The van der Waals surface area contributed by atoms with Gasteiger partial charge in [-0.2, -0.15) is 0 Å². The molecule has 120 valence electrons. The Bertz CT molecular complexity index is 882. The Kier molecular flexibility index (Phi) is 3.80. The summed E-state index contributed by atoms with van der Waals surface area (Å²) in [5.74, 6) is 1.10. The summed E-state index contributed by atoms with van der Waals surface area (Å²) in [6, 6.07) is 5.66. The van der Waals surface area contributed by atoms with Crippen LogP contribution in [0, 0.1) is 0 Å². The first-order valence-corrected chi connectivity index (χ1v) is 8.10. The quantitative estimate of drug-likeness (QED) is 0.789. The van der Waals surface area contributed by atoms with E-state index in [1.165, 1.54) is 29.9 Å². The number of thiazole rings is 1. The Morgan fingerprint density at radius 3 is 2.88 bits per heavy atom. The summed E-state index contributed by atoms with van der Waals surface area (Å²) >= 11 is 1.34. The number of carbonyl (C=O) groups is 1. The van der Waals surface area contributed by atoms with Crippen LogP contribution in [0.5, 0.6) is 11.5 Å². The molecule has 24 heavy (non-hydrogen) atoms. The molecule has 1 amide bonds. The first-order valence-electron chi connectivity index (χ1n) is 7.22. The Labute approximate surface area is 141 Å². The van der Waals surface area contributed by atoms with Gasteiger partial charge < -0.3 is 9.47 Å². The van der Waals surface area contributed by atoms with Gasteiger partial charge in [0.1, 0.15) is 18.9 Å². The molecule has 1 aliphatic heterocycles. The fourth-order valence-electron chi connectivity index (χ4n) is 2.24. The van der Waals surface area contributed by atoms with Crippen molar-refractivity contribution in [2.24, 2.45) is 0 Å². The van der Waals surface area contributed by atoms with E-state index >= 15 is 0 Å². The largest absolute Gasteiger partial charge is 0.486 e. The highest BCUT2D eigenvalue weighted by Crippen LogP contribution is 2.35.